The maximum Gasteiger partial charge on any atom is 0.307 e. The van der Waals surface area contributed by atoms with E-state index < -0.39 is 5.97 Å². The Morgan fingerprint density at radius 1 is 1.29 bits per heavy atom. The first-order chi connectivity index (χ1) is 15.0. The first kappa shape index (κ1) is 20.0. The van der Waals surface area contributed by atoms with Crippen molar-refractivity contribution in [3.63, 3.8) is 0 Å². The molecule has 1 saturated heterocycles. The minimum atomic E-state index is -0.801. The zero-order valence-corrected chi connectivity index (χ0v) is 17.3. The number of aliphatic carboxylic acids is 1. The molecule has 7 nitrogen and oxygen atoms in total. The molecule has 3 atom stereocenters. The highest BCUT2D eigenvalue weighted by Gasteiger charge is 2.46. The first-order valence-corrected chi connectivity index (χ1v) is 10.8. The molecule has 0 radical (unpaired) electrons. The number of carboxylic acid groups (broad SMARTS) is 1. The second-order valence-electron chi connectivity index (χ2n) is 8.94. The van der Waals surface area contributed by atoms with Crippen LogP contribution in [0.4, 0.5) is 5.82 Å². The molecule has 2 heterocycles. The molecule has 160 valence electrons. The Morgan fingerprint density at radius 3 is 2.74 bits per heavy atom. The van der Waals surface area contributed by atoms with Crippen LogP contribution in [0.2, 0.25) is 0 Å². The Labute approximate surface area is 181 Å². The third-order valence-electron chi connectivity index (χ3n) is 7.12. The fraction of sp³-hybridized carbons (Fsp3) is 0.458. The number of hydrogen-bond donors (Lipinski definition) is 3. The summed E-state index contributed by atoms with van der Waals surface area (Å²) in [5.74, 6) is 5.29. The van der Waals surface area contributed by atoms with Gasteiger partial charge >= 0.3 is 5.97 Å². The lowest BCUT2D eigenvalue weighted by Gasteiger charge is -2.42. The van der Waals surface area contributed by atoms with Crippen LogP contribution in [0.25, 0.3) is 0 Å². The summed E-state index contributed by atoms with van der Waals surface area (Å²) < 4.78 is 0. The molecule has 1 spiro atoms. The van der Waals surface area contributed by atoms with Crippen molar-refractivity contribution in [2.75, 3.05) is 18.0 Å². The third kappa shape index (κ3) is 3.56. The number of carboxylic acids is 1. The fourth-order valence-corrected chi connectivity index (χ4v) is 5.11. The fourth-order valence-electron chi connectivity index (χ4n) is 5.11. The summed E-state index contributed by atoms with van der Waals surface area (Å²) in [5.41, 5.74) is 10.4. The summed E-state index contributed by atoms with van der Waals surface area (Å²) in [5, 5.41) is 18.9. The van der Waals surface area contributed by atoms with Crippen molar-refractivity contribution in [1.29, 1.82) is 0 Å². The van der Waals surface area contributed by atoms with Gasteiger partial charge in [-0.1, -0.05) is 30.2 Å². The first-order valence-electron chi connectivity index (χ1n) is 10.8. The second kappa shape index (κ2) is 7.63. The summed E-state index contributed by atoms with van der Waals surface area (Å²) in [6, 6.07) is 8.54. The van der Waals surface area contributed by atoms with Gasteiger partial charge in [0.2, 0.25) is 0 Å². The standard InChI is InChI=1S/C24H26N4O3/c25-21-18-4-2-1-3-16(18)12-24(21)7-9-28(10-8-24)22-20(14-29)27-17(13-26-22)6-5-15-11-19(15)23(30)31/h1-4,13,15,19,21,29H,7-12,14,25H2,(H,30,31)/t15?,19?,21-/m1/s1. The zero-order chi connectivity index (χ0) is 21.6. The largest absolute Gasteiger partial charge is 0.481 e. The lowest BCUT2D eigenvalue weighted by molar-refractivity contribution is -0.138. The van der Waals surface area contributed by atoms with Gasteiger partial charge < -0.3 is 20.8 Å². The van der Waals surface area contributed by atoms with Gasteiger partial charge in [-0.15, -0.1) is 0 Å². The van der Waals surface area contributed by atoms with Crippen LogP contribution >= 0.6 is 0 Å². The number of anilines is 1. The van der Waals surface area contributed by atoms with Crippen LogP contribution in [0.15, 0.2) is 30.5 Å². The Hall–Kier alpha value is -2.95. The van der Waals surface area contributed by atoms with Crippen LogP contribution in [0.1, 0.15) is 47.8 Å². The van der Waals surface area contributed by atoms with E-state index in [1.807, 2.05) is 0 Å². The van der Waals surface area contributed by atoms with E-state index in [0.29, 0.717) is 23.6 Å². The number of aliphatic hydroxyl groups is 1. The summed E-state index contributed by atoms with van der Waals surface area (Å²) in [7, 11) is 0. The summed E-state index contributed by atoms with van der Waals surface area (Å²) >= 11 is 0. The molecule has 0 bridgehead atoms. The van der Waals surface area contributed by atoms with E-state index in [2.05, 4.69) is 51.0 Å². The van der Waals surface area contributed by atoms with E-state index in [-0.39, 0.29) is 29.9 Å². The number of fused-ring (bicyclic) bond motifs is 1. The van der Waals surface area contributed by atoms with Crippen molar-refractivity contribution in [1.82, 2.24) is 9.97 Å². The number of aromatic nitrogens is 2. The number of carbonyl (C=O) groups is 1. The van der Waals surface area contributed by atoms with Crippen LogP contribution in [-0.2, 0) is 17.8 Å². The molecule has 7 heteroatoms. The number of rotatable bonds is 3. The zero-order valence-electron chi connectivity index (χ0n) is 17.3. The van der Waals surface area contributed by atoms with Gasteiger partial charge in [-0.05, 0) is 48.1 Å². The lowest BCUT2D eigenvalue weighted by atomic mass is 9.73. The van der Waals surface area contributed by atoms with E-state index in [9.17, 15) is 9.90 Å². The smallest absolute Gasteiger partial charge is 0.307 e. The van der Waals surface area contributed by atoms with Gasteiger partial charge in [-0.3, -0.25) is 4.79 Å². The molecule has 31 heavy (non-hydrogen) atoms. The highest BCUT2D eigenvalue weighted by molar-refractivity contribution is 5.74. The topological polar surface area (TPSA) is 113 Å². The van der Waals surface area contributed by atoms with Crippen molar-refractivity contribution < 1.29 is 15.0 Å². The average molecular weight is 418 g/mol. The molecule has 2 aliphatic carbocycles. The Bertz CT molecular complexity index is 1080. The van der Waals surface area contributed by atoms with E-state index in [0.717, 1.165) is 32.4 Å². The van der Waals surface area contributed by atoms with Gasteiger partial charge in [0.05, 0.1) is 18.7 Å². The lowest BCUT2D eigenvalue weighted by Crippen LogP contribution is -2.45. The number of nitrogens with two attached hydrogens (primary N) is 1. The third-order valence-corrected chi connectivity index (χ3v) is 7.12. The van der Waals surface area contributed by atoms with Crippen molar-refractivity contribution in [3.8, 4) is 11.8 Å². The molecule has 1 aromatic carbocycles. The molecule has 2 unspecified atom stereocenters. The van der Waals surface area contributed by atoms with E-state index in [4.69, 9.17) is 10.8 Å². The van der Waals surface area contributed by atoms with E-state index in [1.165, 1.54) is 11.1 Å². The molecule has 5 rings (SSSR count). The molecule has 4 N–H and O–H groups in total. The molecule has 0 amide bonds. The van der Waals surface area contributed by atoms with Gasteiger partial charge in [-0.25, -0.2) is 9.97 Å². The van der Waals surface area contributed by atoms with E-state index >= 15 is 0 Å². The van der Waals surface area contributed by atoms with E-state index in [1.54, 1.807) is 6.20 Å². The number of aliphatic hydroxyl groups excluding tert-OH is 1. The van der Waals surface area contributed by atoms with Crippen LogP contribution in [0.5, 0.6) is 0 Å². The van der Waals surface area contributed by atoms with Crippen molar-refractivity contribution in [2.45, 2.75) is 38.3 Å². The summed E-state index contributed by atoms with van der Waals surface area (Å²) in [6.07, 6.45) is 5.15. The summed E-state index contributed by atoms with van der Waals surface area (Å²) in [6.45, 7) is 1.42. The molecule has 1 aromatic heterocycles. The Balaban J connectivity index is 1.29. The highest BCUT2D eigenvalue weighted by Crippen LogP contribution is 2.51. The maximum absolute atomic E-state index is 10.9. The molecular formula is C24H26N4O3. The number of piperidine rings is 1. The van der Waals surface area contributed by atoms with Gasteiger partial charge in [0.15, 0.2) is 5.82 Å². The molecule has 2 aromatic rings. The Morgan fingerprint density at radius 2 is 2.06 bits per heavy atom. The molecule has 1 saturated carbocycles. The van der Waals surface area contributed by atoms with Gasteiger partial charge in [0, 0.05) is 25.0 Å². The van der Waals surface area contributed by atoms with Crippen molar-refractivity contribution in [2.24, 2.45) is 23.0 Å². The molecular weight excluding hydrogens is 392 g/mol. The number of benzene rings is 1. The monoisotopic (exact) mass is 418 g/mol. The highest BCUT2D eigenvalue weighted by atomic mass is 16.4. The van der Waals surface area contributed by atoms with Crippen LogP contribution in [0.3, 0.4) is 0 Å². The van der Waals surface area contributed by atoms with Gasteiger partial charge in [0.1, 0.15) is 11.4 Å². The minimum absolute atomic E-state index is 0.0592. The Kier molecular flexibility index (Phi) is 4.92. The number of hydrogen-bond acceptors (Lipinski definition) is 6. The molecule has 2 fully saturated rings. The predicted octanol–water partition coefficient (Wildman–Crippen LogP) is 1.88. The van der Waals surface area contributed by atoms with Gasteiger partial charge in [0.25, 0.3) is 0 Å². The van der Waals surface area contributed by atoms with Gasteiger partial charge in [-0.2, -0.15) is 0 Å². The molecule has 1 aliphatic heterocycles. The van der Waals surface area contributed by atoms with Crippen molar-refractivity contribution >= 4 is 11.8 Å². The predicted molar refractivity (Wildman–Crippen MR) is 115 cm³/mol. The maximum atomic E-state index is 10.9. The normalized spacial score (nSPS) is 25.6. The SMILES string of the molecule is N[C@@H]1c2ccccc2CC12CCN(c1ncc(C#CC3CC3C(=O)O)nc1CO)CC2. The average Bonchev–Trinajstić information content (AvgIpc) is 3.53. The van der Waals surface area contributed by atoms with Crippen molar-refractivity contribution in [3.05, 3.63) is 53.0 Å². The van der Waals surface area contributed by atoms with Crippen LogP contribution < -0.4 is 10.6 Å². The quantitative estimate of drug-likeness (QED) is 0.653. The van der Waals surface area contributed by atoms with Crippen LogP contribution in [0, 0.1) is 29.1 Å². The summed E-state index contributed by atoms with van der Waals surface area (Å²) in [4.78, 5) is 22.1. The number of nitrogens with zero attached hydrogens (tertiary/aromatic N) is 3. The molecule has 3 aliphatic rings. The minimum Gasteiger partial charge on any atom is -0.481 e. The van der Waals surface area contributed by atoms with Crippen LogP contribution in [-0.4, -0.2) is 39.2 Å². The second-order valence-corrected chi connectivity index (χ2v) is 8.94.